The van der Waals surface area contributed by atoms with E-state index in [9.17, 15) is 4.79 Å². The Morgan fingerprint density at radius 3 is 2.51 bits per heavy atom. The number of nitrogens with zero attached hydrogens (tertiary/aromatic N) is 1. The standard InChI is InChI=1S/C28H29NO6/c1-31-26-14-15-29-23(28(26)32-2)8-5-6-16-33-17-18-34-21-12-10-20(11-13-21)27-19-24(30)22-7-3-4-9-25(22)35-27/h3-4,7,9-15,19H,5-6,8,16-18H2,1-2H3. The molecule has 0 fully saturated rings. The number of pyridine rings is 1. The summed E-state index contributed by atoms with van der Waals surface area (Å²) in [5.41, 5.74) is 2.23. The molecule has 0 unspecified atom stereocenters. The van der Waals surface area contributed by atoms with E-state index < -0.39 is 0 Å². The first-order valence-electron chi connectivity index (χ1n) is 11.6. The highest BCUT2D eigenvalue weighted by atomic mass is 16.5. The van der Waals surface area contributed by atoms with E-state index in [1.807, 2.05) is 36.4 Å². The number of hydrogen-bond acceptors (Lipinski definition) is 7. The van der Waals surface area contributed by atoms with E-state index in [1.54, 1.807) is 38.6 Å². The van der Waals surface area contributed by atoms with Crippen molar-refractivity contribution >= 4 is 11.0 Å². The molecular weight excluding hydrogens is 446 g/mol. The van der Waals surface area contributed by atoms with Crippen molar-refractivity contribution in [2.45, 2.75) is 19.3 Å². The van der Waals surface area contributed by atoms with Crippen LogP contribution in [0.1, 0.15) is 18.5 Å². The lowest BCUT2D eigenvalue weighted by Crippen LogP contribution is -2.08. The highest BCUT2D eigenvalue weighted by Crippen LogP contribution is 2.30. The van der Waals surface area contributed by atoms with Gasteiger partial charge in [-0.3, -0.25) is 9.78 Å². The third-order valence-electron chi connectivity index (χ3n) is 5.59. The molecule has 0 spiro atoms. The maximum atomic E-state index is 12.3. The number of ether oxygens (including phenoxy) is 4. The van der Waals surface area contributed by atoms with E-state index in [1.165, 1.54) is 6.07 Å². The van der Waals surface area contributed by atoms with Crippen LogP contribution in [0.15, 0.2) is 76.1 Å². The highest BCUT2D eigenvalue weighted by Gasteiger charge is 2.10. The van der Waals surface area contributed by atoms with Crippen molar-refractivity contribution in [1.82, 2.24) is 4.98 Å². The van der Waals surface area contributed by atoms with Crippen molar-refractivity contribution in [3.63, 3.8) is 0 Å². The quantitative estimate of drug-likeness (QED) is 0.258. The van der Waals surface area contributed by atoms with Crippen LogP contribution >= 0.6 is 0 Å². The first-order valence-corrected chi connectivity index (χ1v) is 11.6. The van der Waals surface area contributed by atoms with Crippen LogP contribution in [0.5, 0.6) is 17.2 Å². The molecule has 2 aromatic carbocycles. The molecule has 35 heavy (non-hydrogen) atoms. The lowest BCUT2D eigenvalue weighted by atomic mass is 10.1. The largest absolute Gasteiger partial charge is 0.493 e. The van der Waals surface area contributed by atoms with Gasteiger partial charge in [0.15, 0.2) is 16.9 Å². The summed E-state index contributed by atoms with van der Waals surface area (Å²) in [6.07, 6.45) is 4.37. The van der Waals surface area contributed by atoms with Crippen LogP contribution in [0.4, 0.5) is 0 Å². The molecule has 2 heterocycles. The predicted molar refractivity (Wildman–Crippen MR) is 135 cm³/mol. The van der Waals surface area contributed by atoms with E-state index in [4.69, 9.17) is 23.4 Å². The second kappa shape index (κ2) is 12.0. The molecule has 7 nitrogen and oxygen atoms in total. The van der Waals surface area contributed by atoms with Crippen LogP contribution < -0.4 is 19.6 Å². The van der Waals surface area contributed by atoms with Crippen molar-refractivity contribution in [2.24, 2.45) is 0 Å². The predicted octanol–water partition coefficient (Wildman–Crippen LogP) is 5.29. The number of benzene rings is 2. The molecule has 0 aliphatic rings. The van der Waals surface area contributed by atoms with E-state index in [2.05, 4.69) is 4.98 Å². The molecule has 0 saturated heterocycles. The van der Waals surface area contributed by atoms with Crippen LogP contribution in [-0.4, -0.2) is 39.0 Å². The van der Waals surface area contributed by atoms with Gasteiger partial charge in [-0.2, -0.15) is 0 Å². The molecular formula is C28H29NO6. The van der Waals surface area contributed by atoms with Gasteiger partial charge in [-0.1, -0.05) is 12.1 Å². The van der Waals surface area contributed by atoms with Crippen LogP contribution in [0, 0.1) is 0 Å². The number of unbranched alkanes of at least 4 members (excludes halogenated alkanes) is 1. The lowest BCUT2D eigenvalue weighted by molar-refractivity contribution is 0.0974. The molecule has 4 aromatic rings. The fraction of sp³-hybridized carbons (Fsp3) is 0.286. The van der Waals surface area contributed by atoms with Crippen molar-refractivity contribution in [3.05, 3.63) is 82.8 Å². The van der Waals surface area contributed by atoms with E-state index >= 15 is 0 Å². The Morgan fingerprint density at radius 1 is 0.886 bits per heavy atom. The fourth-order valence-corrected chi connectivity index (χ4v) is 3.81. The molecule has 0 N–H and O–H groups in total. The number of hydrogen-bond donors (Lipinski definition) is 0. The summed E-state index contributed by atoms with van der Waals surface area (Å²) in [6.45, 7) is 1.60. The van der Waals surface area contributed by atoms with Gasteiger partial charge >= 0.3 is 0 Å². The zero-order valence-corrected chi connectivity index (χ0v) is 20.0. The Hall–Kier alpha value is -3.84. The van der Waals surface area contributed by atoms with Crippen LogP contribution in [0.3, 0.4) is 0 Å². The SMILES string of the molecule is COc1ccnc(CCCCOCCOc2ccc(-c3cc(=O)c4ccccc4o3)cc2)c1OC. The minimum Gasteiger partial charge on any atom is -0.493 e. The Labute approximate surface area is 204 Å². The molecule has 7 heteroatoms. The summed E-state index contributed by atoms with van der Waals surface area (Å²) in [5.74, 6) is 2.65. The van der Waals surface area contributed by atoms with Gasteiger partial charge in [-0.15, -0.1) is 0 Å². The van der Waals surface area contributed by atoms with Crippen molar-refractivity contribution in [1.29, 1.82) is 0 Å². The molecule has 0 saturated carbocycles. The van der Waals surface area contributed by atoms with Crippen LogP contribution in [0.2, 0.25) is 0 Å². The number of para-hydroxylation sites is 1. The first-order chi connectivity index (χ1) is 17.2. The molecule has 0 aliphatic heterocycles. The topological polar surface area (TPSA) is 80.0 Å². The van der Waals surface area contributed by atoms with Gasteiger partial charge in [0.25, 0.3) is 0 Å². The smallest absolute Gasteiger partial charge is 0.193 e. The minimum atomic E-state index is -0.0572. The fourth-order valence-electron chi connectivity index (χ4n) is 3.81. The molecule has 2 aromatic heterocycles. The molecule has 182 valence electrons. The average Bonchev–Trinajstić information content (AvgIpc) is 2.90. The van der Waals surface area contributed by atoms with Gasteiger partial charge in [-0.25, -0.2) is 0 Å². The molecule has 0 amide bonds. The Balaban J connectivity index is 1.18. The van der Waals surface area contributed by atoms with Gasteiger partial charge in [0, 0.05) is 30.5 Å². The molecule has 0 atom stereocenters. The molecule has 0 radical (unpaired) electrons. The number of methoxy groups -OCH3 is 2. The lowest BCUT2D eigenvalue weighted by Gasteiger charge is -2.11. The Kier molecular flexibility index (Phi) is 8.35. The number of aromatic nitrogens is 1. The van der Waals surface area contributed by atoms with E-state index in [-0.39, 0.29) is 5.43 Å². The summed E-state index contributed by atoms with van der Waals surface area (Å²) in [6, 6.07) is 18.0. The summed E-state index contributed by atoms with van der Waals surface area (Å²) in [7, 11) is 3.25. The number of aryl methyl sites for hydroxylation is 1. The monoisotopic (exact) mass is 475 g/mol. The van der Waals surface area contributed by atoms with Gasteiger partial charge in [-0.05, 0) is 55.7 Å². The van der Waals surface area contributed by atoms with E-state index in [0.717, 1.165) is 36.3 Å². The normalized spacial score (nSPS) is 10.9. The summed E-state index contributed by atoms with van der Waals surface area (Å²) in [4.78, 5) is 16.7. The Bertz CT molecular complexity index is 1300. The highest BCUT2D eigenvalue weighted by molar-refractivity contribution is 5.78. The van der Waals surface area contributed by atoms with Crippen molar-refractivity contribution < 1.29 is 23.4 Å². The number of fused-ring (bicyclic) bond motifs is 1. The number of rotatable bonds is 12. The Morgan fingerprint density at radius 2 is 1.71 bits per heavy atom. The summed E-state index contributed by atoms with van der Waals surface area (Å²) >= 11 is 0. The second-order valence-electron chi connectivity index (χ2n) is 7.91. The average molecular weight is 476 g/mol. The van der Waals surface area contributed by atoms with Crippen molar-refractivity contribution in [2.75, 3.05) is 34.0 Å². The molecule has 0 aliphatic carbocycles. The minimum absolute atomic E-state index is 0.0572. The van der Waals surface area contributed by atoms with Gasteiger partial charge in [0.1, 0.15) is 23.7 Å². The molecule has 0 bridgehead atoms. The van der Waals surface area contributed by atoms with Gasteiger partial charge in [0.05, 0.1) is 31.9 Å². The summed E-state index contributed by atoms with van der Waals surface area (Å²) < 4.78 is 28.1. The third-order valence-corrected chi connectivity index (χ3v) is 5.59. The van der Waals surface area contributed by atoms with Crippen LogP contribution in [0.25, 0.3) is 22.3 Å². The zero-order valence-electron chi connectivity index (χ0n) is 20.0. The maximum Gasteiger partial charge on any atom is 0.193 e. The first kappa shape index (κ1) is 24.3. The third kappa shape index (κ3) is 6.19. The second-order valence-corrected chi connectivity index (χ2v) is 7.91. The van der Waals surface area contributed by atoms with Crippen LogP contribution in [-0.2, 0) is 11.2 Å². The molecule has 4 rings (SSSR count). The maximum absolute atomic E-state index is 12.3. The zero-order chi connectivity index (χ0) is 24.5. The van der Waals surface area contributed by atoms with Crippen molar-refractivity contribution in [3.8, 4) is 28.6 Å². The van der Waals surface area contributed by atoms with Gasteiger partial charge < -0.3 is 23.4 Å². The van der Waals surface area contributed by atoms with Gasteiger partial charge in [0.2, 0.25) is 0 Å². The summed E-state index contributed by atoms with van der Waals surface area (Å²) in [5, 5.41) is 0.577. The van der Waals surface area contributed by atoms with E-state index in [0.29, 0.717) is 48.0 Å².